The molecule has 4 nitrogen and oxygen atoms in total. The van der Waals surface area contributed by atoms with Crippen LogP contribution in [-0.4, -0.2) is 21.1 Å². The van der Waals surface area contributed by atoms with Crippen LogP contribution in [0.4, 0.5) is 0 Å². The molecule has 1 aromatic heterocycles. The Hall–Kier alpha value is -1.88. The molecule has 92 valence electrons. The van der Waals surface area contributed by atoms with Crippen molar-refractivity contribution < 1.29 is 0 Å². The molecule has 0 bridgehead atoms. The average Bonchev–Trinajstić information content (AvgIpc) is 2.35. The number of aromatic nitrogens is 2. The third-order valence-corrected chi connectivity index (χ3v) is 3.40. The van der Waals surface area contributed by atoms with Crippen LogP contribution in [0.3, 0.4) is 0 Å². The van der Waals surface area contributed by atoms with Gasteiger partial charge < -0.3 is 0 Å². The summed E-state index contributed by atoms with van der Waals surface area (Å²) < 4.78 is 1.60. The molecule has 0 saturated heterocycles. The Kier molecular flexibility index (Phi) is 3.62. The molecular formula is C13H14N4S. The van der Waals surface area contributed by atoms with Gasteiger partial charge in [-0.15, -0.1) is 6.58 Å². The molecule has 2 rings (SSSR count). The number of hydrogen-bond acceptors (Lipinski definition) is 4. The van der Waals surface area contributed by atoms with E-state index in [0.29, 0.717) is 16.6 Å². The predicted molar refractivity (Wildman–Crippen MR) is 75.3 cm³/mol. The van der Waals surface area contributed by atoms with Crippen LogP contribution in [-0.2, 0) is 0 Å². The highest BCUT2D eigenvalue weighted by molar-refractivity contribution is 7.99. The lowest BCUT2D eigenvalue weighted by molar-refractivity contribution is 0.894. The van der Waals surface area contributed by atoms with Gasteiger partial charge in [0.05, 0.1) is 11.0 Å². The van der Waals surface area contributed by atoms with Crippen molar-refractivity contribution in [1.82, 2.24) is 9.55 Å². The summed E-state index contributed by atoms with van der Waals surface area (Å²) in [4.78, 5) is 4.47. The van der Waals surface area contributed by atoms with Crippen molar-refractivity contribution in [3.63, 3.8) is 0 Å². The fourth-order valence-corrected chi connectivity index (χ4v) is 2.38. The highest BCUT2D eigenvalue weighted by atomic mass is 32.2. The normalized spacial score (nSPS) is 10.5. The number of nitrogens with zero attached hydrogens (tertiary/aromatic N) is 2. The molecule has 2 N–H and O–H groups in total. The summed E-state index contributed by atoms with van der Waals surface area (Å²) in [5.74, 6) is 1.02. The van der Waals surface area contributed by atoms with E-state index in [1.165, 1.54) is 11.8 Å². The number of nitrogens with one attached hydrogen (secondary N) is 2. The Balaban J connectivity index is 2.75. The van der Waals surface area contributed by atoms with Crippen molar-refractivity contribution >= 4 is 28.6 Å². The first-order valence-electron chi connectivity index (χ1n) is 5.50. The summed E-state index contributed by atoms with van der Waals surface area (Å²) in [6.07, 6.45) is 1.78. The van der Waals surface area contributed by atoms with E-state index in [2.05, 4.69) is 11.6 Å². The number of thioether (sulfide) groups is 1. The third kappa shape index (κ3) is 2.22. The van der Waals surface area contributed by atoms with Gasteiger partial charge in [-0.25, -0.2) is 4.98 Å². The Morgan fingerprint density at radius 1 is 1.50 bits per heavy atom. The van der Waals surface area contributed by atoms with Gasteiger partial charge in [0.2, 0.25) is 0 Å². The summed E-state index contributed by atoms with van der Waals surface area (Å²) in [7, 11) is 0. The highest BCUT2D eigenvalue weighted by Gasteiger charge is 2.09. The van der Waals surface area contributed by atoms with E-state index >= 15 is 0 Å². The lowest BCUT2D eigenvalue weighted by Gasteiger charge is -2.11. The van der Waals surface area contributed by atoms with E-state index in [9.17, 15) is 0 Å². The molecule has 0 aliphatic rings. The number of benzene rings is 1. The van der Waals surface area contributed by atoms with Gasteiger partial charge in [0.1, 0.15) is 10.9 Å². The highest BCUT2D eigenvalue weighted by Crippen LogP contribution is 2.16. The molecule has 5 heteroatoms. The number of hydrogen-bond donors (Lipinski definition) is 2. The summed E-state index contributed by atoms with van der Waals surface area (Å²) in [5, 5.41) is 16.6. The molecule has 18 heavy (non-hydrogen) atoms. The van der Waals surface area contributed by atoms with Gasteiger partial charge in [-0.05, 0) is 19.1 Å². The first kappa shape index (κ1) is 12.6. The summed E-state index contributed by atoms with van der Waals surface area (Å²) in [6, 6.07) is 7.57. The molecule has 2 aromatic rings. The second kappa shape index (κ2) is 5.18. The summed E-state index contributed by atoms with van der Waals surface area (Å²) >= 11 is 1.46. The Morgan fingerprint density at radius 2 is 2.22 bits per heavy atom. The molecule has 0 unspecified atom stereocenters. The van der Waals surface area contributed by atoms with Crippen LogP contribution >= 0.6 is 11.8 Å². The van der Waals surface area contributed by atoms with Crippen LogP contribution in [0.1, 0.15) is 6.92 Å². The quantitative estimate of drug-likeness (QED) is 0.385. The largest absolute Gasteiger partial charge is 0.288 e. The van der Waals surface area contributed by atoms with E-state index in [0.717, 1.165) is 11.0 Å². The monoisotopic (exact) mass is 258 g/mol. The van der Waals surface area contributed by atoms with Gasteiger partial charge in [-0.1, -0.05) is 30.0 Å². The topological polar surface area (TPSA) is 65.5 Å². The van der Waals surface area contributed by atoms with E-state index < -0.39 is 0 Å². The van der Waals surface area contributed by atoms with E-state index in [1.54, 1.807) is 17.6 Å². The Morgan fingerprint density at radius 3 is 2.89 bits per heavy atom. The molecule has 1 aromatic carbocycles. The maximum Gasteiger partial charge on any atom is 0.164 e. The first-order valence-corrected chi connectivity index (χ1v) is 6.49. The Labute approximate surface area is 109 Å². The number of para-hydroxylation sites is 2. The minimum Gasteiger partial charge on any atom is -0.288 e. The first-order chi connectivity index (χ1) is 8.65. The molecule has 0 fully saturated rings. The molecule has 0 spiro atoms. The summed E-state index contributed by atoms with van der Waals surface area (Å²) in [5.41, 5.74) is 1.85. The Bertz CT molecular complexity index is 672. The van der Waals surface area contributed by atoms with Crippen molar-refractivity contribution in [2.75, 3.05) is 5.75 Å². The zero-order valence-electron chi connectivity index (χ0n) is 10.1. The van der Waals surface area contributed by atoms with E-state index in [-0.39, 0.29) is 5.49 Å². The summed E-state index contributed by atoms with van der Waals surface area (Å²) in [6.45, 7) is 5.34. The maximum absolute atomic E-state index is 8.14. The third-order valence-electron chi connectivity index (χ3n) is 2.44. The van der Waals surface area contributed by atoms with Gasteiger partial charge in [-0.3, -0.25) is 15.4 Å². The van der Waals surface area contributed by atoms with Crippen molar-refractivity contribution in [2.45, 2.75) is 11.9 Å². The second-order valence-corrected chi connectivity index (χ2v) is 4.78. The molecular weight excluding hydrogens is 244 g/mol. The van der Waals surface area contributed by atoms with Crippen LogP contribution in [0.5, 0.6) is 0 Å². The fraction of sp³-hybridized carbons (Fsp3) is 0.154. The van der Waals surface area contributed by atoms with Gasteiger partial charge in [0.15, 0.2) is 5.49 Å². The maximum atomic E-state index is 8.14. The molecule has 1 heterocycles. The minimum absolute atomic E-state index is 0.257. The van der Waals surface area contributed by atoms with E-state index in [4.69, 9.17) is 10.8 Å². The van der Waals surface area contributed by atoms with Crippen molar-refractivity contribution in [3.05, 3.63) is 42.4 Å². The molecule has 0 aliphatic heterocycles. The number of fused-ring (bicyclic) bond motifs is 1. The molecule has 0 saturated carbocycles. The molecule has 0 radical (unpaired) electrons. The standard InChI is InChI=1S/C13H14N4S/c1-3-8-18-13-12(15)17(9(2)14)11-7-5-4-6-10(11)16-13/h3-7,14-15H,1,8H2,2H3. The number of rotatable bonds is 3. The fourth-order valence-electron chi connectivity index (χ4n) is 1.71. The lowest BCUT2D eigenvalue weighted by atomic mass is 10.3. The van der Waals surface area contributed by atoms with Crippen molar-refractivity contribution in [3.8, 4) is 0 Å². The SMILES string of the molecule is C=CCSc1nc2ccccc2n(C(C)=N)c1=N. The van der Waals surface area contributed by atoms with Gasteiger partial charge >= 0.3 is 0 Å². The molecule has 0 aliphatic carbocycles. The molecule has 0 atom stereocenters. The second-order valence-electron chi connectivity index (χ2n) is 3.77. The average molecular weight is 258 g/mol. The van der Waals surface area contributed by atoms with Crippen LogP contribution in [0.2, 0.25) is 0 Å². The lowest BCUT2D eigenvalue weighted by Crippen LogP contribution is -2.27. The van der Waals surface area contributed by atoms with Gasteiger partial charge in [0, 0.05) is 5.75 Å². The van der Waals surface area contributed by atoms with E-state index in [1.807, 2.05) is 24.3 Å². The zero-order chi connectivity index (χ0) is 13.1. The van der Waals surface area contributed by atoms with Crippen molar-refractivity contribution in [2.24, 2.45) is 0 Å². The smallest absolute Gasteiger partial charge is 0.164 e. The zero-order valence-corrected chi connectivity index (χ0v) is 10.9. The van der Waals surface area contributed by atoms with Gasteiger partial charge in [-0.2, -0.15) is 0 Å². The van der Waals surface area contributed by atoms with Crippen LogP contribution < -0.4 is 5.49 Å². The van der Waals surface area contributed by atoms with Crippen molar-refractivity contribution in [1.29, 1.82) is 10.8 Å². The van der Waals surface area contributed by atoms with Crippen LogP contribution in [0, 0.1) is 10.8 Å². The molecule has 0 amide bonds. The van der Waals surface area contributed by atoms with Gasteiger partial charge in [0.25, 0.3) is 0 Å². The van der Waals surface area contributed by atoms with Crippen LogP contribution in [0.25, 0.3) is 11.0 Å². The minimum atomic E-state index is 0.257. The predicted octanol–water partition coefficient (Wildman–Crippen LogP) is 2.64. The van der Waals surface area contributed by atoms with Crippen LogP contribution in [0.15, 0.2) is 41.9 Å².